The minimum absolute atomic E-state index is 0.0246. The standard InChI is InChI=1S/C18H26N2O3/c1-14-8-6-7-11-16(14)19-17(21)12-20(2)18(22)23-13-15-9-4-3-5-10-15/h3-5,9-10,14,16H,6-8,11-13H2,1-2H3,(H,19,21)/t14-,16+/m1/s1. The van der Waals surface area contributed by atoms with Crippen molar-refractivity contribution in [2.45, 2.75) is 45.3 Å². The SMILES string of the molecule is C[C@@H]1CCCC[C@@H]1NC(=O)CN(C)C(=O)OCc1ccccc1. The summed E-state index contributed by atoms with van der Waals surface area (Å²) in [5.74, 6) is 0.381. The zero-order valence-corrected chi connectivity index (χ0v) is 14.0. The summed E-state index contributed by atoms with van der Waals surface area (Å²) in [6.07, 6.45) is 4.08. The normalized spacial score (nSPS) is 20.6. The first-order valence-electron chi connectivity index (χ1n) is 8.27. The average molecular weight is 318 g/mol. The average Bonchev–Trinajstić information content (AvgIpc) is 2.55. The number of carbonyl (C=O) groups is 2. The molecule has 0 radical (unpaired) electrons. The highest BCUT2D eigenvalue weighted by Gasteiger charge is 2.24. The molecule has 1 aliphatic rings. The Balaban J connectivity index is 1.73. The number of rotatable bonds is 5. The number of nitrogens with zero attached hydrogens (tertiary/aromatic N) is 1. The Bertz CT molecular complexity index is 518. The maximum absolute atomic E-state index is 12.1. The molecule has 0 aromatic heterocycles. The molecule has 5 heteroatoms. The van der Waals surface area contributed by atoms with Crippen LogP contribution in [0.15, 0.2) is 30.3 Å². The molecule has 0 spiro atoms. The molecule has 1 aromatic rings. The van der Waals surface area contributed by atoms with Crippen LogP contribution in [0.1, 0.15) is 38.2 Å². The van der Waals surface area contributed by atoms with Gasteiger partial charge in [-0.3, -0.25) is 4.79 Å². The first kappa shape index (κ1) is 17.3. The van der Waals surface area contributed by atoms with Crippen LogP contribution < -0.4 is 5.32 Å². The third kappa shape index (κ3) is 5.58. The van der Waals surface area contributed by atoms with Crippen molar-refractivity contribution in [1.82, 2.24) is 10.2 Å². The number of carbonyl (C=O) groups excluding carboxylic acids is 2. The molecule has 0 heterocycles. The van der Waals surface area contributed by atoms with Gasteiger partial charge in [0, 0.05) is 13.1 Å². The van der Waals surface area contributed by atoms with Crippen molar-refractivity contribution in [3.8, 4) is 0 Å². The molecule has 0 aliphatic heterocycles. The van der Waals surface area contributed by atoms with Crippen LogP contribution in [0.2, 0.25) is 0 Å². The number of hydrogen-bond acceptors (Lipinski definition) is 3. The van der Waals surface area contributed by atoms with E-state index in [0.717, 1.165) is 24.8 Å². The predicted molar refractivity (Wildman–Crippen MR) is 88.8 cm³/mol. The van der Waals surface area contributed by atoms with Gasteiger partial charge in [-0.2, -0.15) is 0 Å². The molecular weight excluding hydrogens is 292 g/mol. The summed E-state index contributed by atoms with van der Waals surface area (Å²) in [7, 11) is 1.58. The van der Waals surface area contributed by atoms with Crippen LogP contribution in [0.25, 0.3) is 0 Å². The smallest absolute Gasteiger partial charge is 0.410 e. The van der Waals surface area contributed by atoms with Crippen molar-refractivity contribution in [2.24, 2.45) is 5.92 Å². The van der Waals surface area contributed by atoms with Crippen molar-refractivity contribution in [3.05, 3.63) is 35.9 Å². The lowest BCUT2D eigenvalue weighted by Crippen LogP contribution is -2.46. The molecule has 23 heavy (non-hydrogen) atoms. The summed E-state index contributed by atoms with van der Waals surface area (Å²) in [5.41, 5.74) is 0.926. The summed E-state index contributed by atoms with van der Waals surface area (Å²) in [6.45, 7) is 2.41. The highest BCUT2D eigenvalue weighted by atomic mass is 16.6. The Hall–Kier alpha value is -2.04. The molecule has 2 amide bonds. The predicted octanol–water partition coefficient (Wildman–Crippen LogP) is 2.95. The molecule has 1 N–H and O–H groups in total. The fourth-order valence-corrected chi connectivity index (χ4v) is 2.89. The van der Waals surface area contributed by atoms with Gasteiger partial charge in [-0.05, 0) is 24.3 Å². The van der Waals surface area contributed by atoms with E-state index in [9.17, 15) is 9.59 Å². The van der Waals surface area contributed by atoms with Crippen molar-refractivity contribution >= 4 is 12.0 Å². The molecule has 1 saturated carbocycles. The van der Waals surface area contributed by atoms with Crippen LogP contribution in [-0.4, -0.2) is 36.5 Å². The van der Waals surface area contributed by atoms with Gasteiger partial charge in [0.15, 0.2) is 0 Å². The lowest BCUT2D eigenvalue weighted by molar-refractivity contribution is -0.123. The molecule has 5 nitrogen and oxygen atoms in total. The van der Waals surface area contributed by atoms with Crippen LogP contribution in [0, 0.1) is 5.92 Å². The molecule has 2 atom stereocenters. The van der Waals surface area contributed by atoms with Gasteiger partial charge in [0.25, 0.3) is 0 Å². The van der Waals surface area contributed by atoms with Gasteiger partial charge in [0.2, 0.25) is 5.91 Å². The molecule has 1 aromatic carbocycles. The second-order valence-corrected chi connectivity index (χ2v) is 6.33. The number of benzene rings is 1. The Labute approximate surface area is 138 Å². The fourth-order valence-electron chi connectivity index (χ4n) is 2.89. The zero-order chi connectivity index (χ0) is 16.7. The number of hydrogen-bond donors (Lipinski definition) is 1. The lowest BCUT2D eigenvalue weighted by atomic mass is 9.86. The van der Waals surface area contributed by atoms with Gasteiger partial charge in [0.05, 0.1) is 0 Å². The van der Waals surface area contributed by atoms with E-state index >= 15 is 0 Å². The van der Waals surface area contributed by atoms with E-state index in [1.54, 1.807) is 7.05 Å². The highest BCUT2D eigenvalue weighted by molar-refractivity contribution is 5.82. The van der Waals surface area contributed by atoms with Crippen LogP contribution in [-0.2, 0) is 16.1 Å². The number of ether oxygens (including phenoxy) is 1. The molecule has 1 aliphatic carbocycles. The van der Waals surface area contributed by atoms with E-state index in [4.69, 9.17) is 4.74 Å². The van der Waals surface area contributed by atoms with Crippen molar-refractivity contribution in [2.75, 3.05) is 13.6 Å². The first-order chi connectivity index (χ1) is 11.1. The van der Waals surface area contributed by atoms with Crippen LogP contribution in [0.5, 0.6) is 0 Å². The van der Waals surface area contributed by atoms with E-state index < -0.39 is 6.09 Å². The third-order valence-electron chi connectivity index (χ3n) is 4.36. The highest BCUT2D eigenvalue weighted by Crippen LogP contribution is 2.23. The van der Waals surface area contributed by atoms with E-state index in [-0.39, 0.29) is 25.1 Å². The van der Waals surface area contributed by atoms with Gasteiger partial charge in [-0.25, -0.2) is 4.79 Å². The Morgan fingerprint density at radius 3 is 2.61 bits per heavy atom. The minimum Gasteiger partial charge on any atom is -0.445 e. The zero-order valence-electron chi connectivity index (χ0n) is 14.0. The fraction of sp³-hybridized carbons (Fsp3) is 0.556. The van der Waals surface area contributed by atoms with E-state index in [2.05, 4.69) is 12.2 Å². The van der Waals surface area contributed by atoms with Crippen molar-refractivity contribution < 1.29 is 14.3 Å². The molecule has 0 bridgehead atoms. The monoisotopic (exact) mass is 318 g/mol. The molecule has 126 valence electrons. The minimum atomic E-state index is -0.485. The maximum atomic E-state index is 12.1. The molecule has 0 unspecified atom stereocenters. The quantitative estimate of drug-likeness (QED) is 0.908. The van der Waals surface area contributed by atoms with Crippen LogP contribution >= 0.6 is 0 Å². The Morgan fingerprint density at radius 2 is 1.91 bits per heavy atom. The summed E-state index contributed by atoms with van der Waals surface area (Å²) in [4.78, 5) is 25.3. The lowest BCUT2D eigenvalue weighted by Gasteiger charge is -2.30. The van der Waals surface area contributed by atoms with E-state index in [1.807, 2.05) is 30.3 Å². The van der Waals surface area contributed by atoms with Gasteiger partial charge in [-0.15, -0.1) is 0 Å². The first-order valence-corrected chi connectivity index (χ1v) is 8.27. The summed E-state index contributed by atoms with van der Waals surface area (Å²) in [5, 5.41) is 3.04. The maximum Gasteiger partial charge on any atom is 0.410 e. The van der Waals surface area contributed by atoms with Gasteiger partial charge in [0.1, 0.15) is 13.2 Å². The summed E-state index contributed by atoms with van der Waals surface area (Å²) < 4.78 is 5.21. The topological polar surface area (TPSA) is 58.6 Å². The molecule has 2 rings (SSSR count). The number of nitrogens with one attached hydrogen (secondary N) is 1. The largest absolute Gasteiger partial charge is 0.445 e. The van der Waals surface area contributed by atoms with E-state index in [0.29, 0.717) is 5.92 Å². The molecule has 1 fully saturated rings. The summed E-state index contributed by atoms with van der Waals surface area (Å²) >= 11 is 0. The van der Waals surface area contributed by atoms with E-state index in [1.165, 1.54) is 11.3 Å². The number of amides is 2. The molecular formula is C18H26N2O3. The molecule has 0 saturated heterocycles. The summed E-state index contributed by atoms with van der Waals surface area (Å²) in [6, 6.07) is 9.71. The third-order valence-corrected chi connectivity index (χ3v) is 4.36. The number of likely N-dealkylation sites (N-methyl/N-ethyl adjacent to an activating group) is 1. The van der Waals surface area contributed by atoms with Crippen molar-refractivity contribution in [3.63, 3.8) is 0 Å². The van der Waals surface area contributed by atoms with Crippen LogP contribution in [0.4, 0.5) is 4.79 Å². The Morgan fingerprint density at radius 1 is 1.22 bits per heavy atom. The second-order valence-electron chi connectivity index (χ2n) is 6.33. The van der Waals surface area contributed by atoms with Crippen molar-refractivity contribution in [1.29, 1.82) is 0 Å². The van der Waals surface area contributed by atoms with Gasteiger partial charge in [-0.1, -0.05) is 50.1 Å². The van der Waals surface area contributed by atoms with Crippen LogP contribution in [0.3, 0.4) is 0 Å². The van der Waals surface area contributed by atoms with Gasteiger partial charge < -0.3 is 15.0 Å². The van der Waals surface area contributed by atoms with Gasteiger partial charge >= 0.3 is 6.09 Å². The Kier molecular flexibility index (Phi) is 6.44. The second kappa shape index (κ2) is 8.56.